The Labute approximate surface area is 649 Å². The lowest BCUT2D eigenvalue weighted by Gasteiger charge is -2.34. The molecule has 24 rings (SSSR count). The SMILES string of the molecule is c1ccc(-c2ccc(N(c3ccccc3)c3cc4c(c5ccccc35)-c3c(c5cccc(-c6cccc(N(c7cccc(-c8ccccc8)c7)c7cc8c(c9ccccc79)-c7c(c9ccccc9c9ccccc79)C87c8ccccc8-c8ccccc87)c6)c5c5ccccc35)C43c4ccccc4-c4ccccc43)cc2)cc1. The van der Waals surface area contributed by atoms with Crippen molar-refractivity contribution >= 4 is 98.8 Å². The van der Waals surface area contributed by atoms with Crippen LogP contribution in [0.3, 0.4) is 0 Å². The lowest BCUT2D eigenvalue weighted by molar-refractivity contribution is 0.802. The molecule has 0 aromatic heterocycles. The summed E-state index contributed by atoms with van der Waals surface area (Å²) in [7, 11) is 0. The molecule has 20 aromatic rings. The number of para-hydroxylation sites is 1. The van der Waals surface area contributed by atoms with Crippen molar-refractivity contribution in [3.8, 4) is 77.9 Å². The standard InChI is InChI=1S/C110H68N2/c1-4-31-69(32-5-1)71-61-63-75(64-62-71)111(74-37-8-3-9-38-74)100-67-99-104(88-50-15-12-47-85(88)100)106-91-53-18-17-52-90(91)102-78(55-30-56-93(102)108(106)110(99)96-59-26-22-45-83(96)84-46-23-27-60-97(84)110)73-36-29-40-77(66-73)112(76-39-28-35-72(65-76)70-33-6-2-7-34-70)101-68-98-103(89-51-16-13-48-86(89)101)105-87-49-14-10-41-79(87)80-42-11-19-54-92(80)107(105)109(98)94-57-24-20-43-81(94)82-44-21-25-58-95(82)109/h1-68H. The van der Waals surface area contributed by atoms with E-state index in [1.54, 1.807) is 0 Å². The Morgan fingerprint density at radius 3 is 0.973 bits per heavy atom. The van der Waals surface area contributed by atoms with Gasteiger partial charge in [-0.05, 0) is 237 Å². The van der Waals surface area contributed by atoms with Gasteiger partial charge in [0, 0.05) is 33.5 Å². The van der Waals surface area contributed by atoms with Crippen LogP contribution in [0.1, 0.15) is 44.5 Å². The number of anilines is 6. The molecule has 4 aliphatic rings. The summed E-state index contributed by atoms with van der Waals surface area (Å²) in [6.07, 6.45) is 0. The predicted octanol–water partition coefficient (Wildman–Crippen LogP) is 29.2. The highest BCUT2D eigenvalue weighted by Gasteiger charge is 2.56. The van der Waals surface area contributed by atoms with E-state index >= 15 is 0 Å². The number of benzene rings is 20. The molecule has 112 heavy (non-hydrogen) atoms. The second-order valence-corrected chi connectivity index (χ2v) is 30.7. The number of hydrogen-bond donors (Lipinski definition) is 0. The Balaban J connectivity index is 0.776. The zero-order valence-corrected chi connectivity index (χ0v) is 61.2. The molecule has 518 valence electrons. The van der Waals surface area contributed by atoms with E-state index in [9.17, 15) is 0 Å². The van der Waals surface area contributed by atoms with Gasteiger partial charge in [0.15, 0.2) is 0 Å². The Hall–Kier alpha value is -14.4. The van der Waals surface area contributed by atoms with Crippen LogP contribution in [0.2, 0.25) is 0 Å². The molecule has 0 heterocycles. The van der Waals surface area contributed by atoms with Gasteiger partial charge in [0.1, 0.15) is 0 Å². The van der Waals surface area contributed by atoms with Crippen molar-refractivity contribution in [3.05, 3.63) is 457 Å². The maximum atomic E-state index is 2.63. The van der Waals surface area contributed by atoms with Crippen molar-refractivity contribution in [2.45, 2.75) is 10.8 Å². The maximum Gasteiger partial charge on any atom is 0.0732 e. The van der Waals surface area contributed by atoms with E-state index < -0.39 is 10.8 Å². The maximum absolute atomic E-state index is 2.63. The van der Waals surface area contributed by atoms with Gasteiger partial charge in [-0.1, -0.05) is 352 Å². The summed E-state index contributed by atoms with van der Waals surface area (Å²) in [5, 5.41) is 14.8. The van der Waals surface area contributed by atoms with Crippen molar-refractivity contribution in [3.63, 3.8) is 0 Å². The van der Waals surface area contributed by atoms with Gasteiger partial charge in [-0.2, -0.15) is 0 Å². The van der Waals surface area contributed by atoms with Crippen LogP contribution in [0.5, 0.6) is 0 Å². The topological polar surface area (TPSA) is 6.48 Å². The van der Waals surface area contributed by atoms with Gasteiger partial charge < -0.3 is 9.80 Å². The summed E-state index contributed by atoms with van der Waals surface area (Å²) in [4.78, 5) is 5.10. The van der Waals surface area contributed by atoms with Crippen LogP contribution in [-0.4, -0.2) is 0 Å². The largest absolute Gasteiger partial charge is 0.310 e. The van der Waals surface area contributed by atoms with Gasteiger partial charge in [0.25, 0.3) is 0 Å². The van der Waals surface area contributed by atoms with Crippen LogP contribution in [0.4, 0.5) is 34.1 Å². The molecule has 20 aromatic carbocycles. The van der Waals surface area contributed by atoms with Gasteiger partial charge in [0.05, 0.1) is 22.2 Å². The zero-order chi connectivity index (χ0) is 73.3. The van der Waals surface area contributed by atoms with E-state index in [-0.39, 0.29) is 0 Å². The van der Waals surface area contributed by atoms with Crippen LogP contribution in [0.15, 0.2) is 413 Å². The summed E-state index contributed by atoms with van der Waals surface area (Å²) in [5.74, 6) is 0. The van der Waals surface area contributed by atoms with Crippen LogP contribution < -0.4 is 9.80 Å². The molecule has 0 saturated heterocycles. The lowest BCUT2D eigenvalue weighted by Crippen LogP contribution is -2.26. The van der Waals surface area contributed by atoms with Crippen molar-refractivity contribution in [1.82, 2.24) is 0 Å². The van der Waals surface area contributed by atoms with Crippen LogP contribution in [-0.2, 0) is 10.8 Å². The third-order valence-electron chi connectivity index (χ3n) is 25.3. The van der Waals surface area contributed by atoms with Gasteiger partial charge in [0.2, 0.25) is 0 Å². The molecule has 0 radical (unpaired) electrons. The van der Waals surface area contributed by atoms with Crippen LogP contribution >= 0.6 is 0 Å². The van der Waals surface area contributed by atoms with Crippen molar-refractivity contribution in [1.29, 1.82) is 0 Å². The fourth-order valence-electron chi connectivity index (χ4n) is 21.1. The summed E-state index contributed by atoms with van der Waals surface area (Å²) in [6.45, 7) is 0. The fourth-order valence-corrected chi connectivity index (χ4v) is 21.1. The smallest absolute Gasteiger partial charge is 0.0732 e. The zero-order valence-electron chi connectivity index (χ0n) is 61.2. The predicted molar refractivity (Wildman–Crippen MR) is 470 cm³/mol. The van der Waals surface area contributed by atoms with Gasteiger partial charge >= 0.3 is 0 Å². The van der Waals surface area contributed by atoms with E-state index in [4.69, 9.17) is 0 Å². The molecule has 0 fully saturated rings. The van der Waals surface area contributed by atoms with Crippen LogP contribution in [0.25, 0.3) is 143 Å². The summed E-state index contributed by atoms with van der Waals surface area (Å²) in [6, 6.07) is 156. The highest BCUT2D eigenvalue weighted by molar-refractivity contribution is 6.28. The molecule has 0 bridgehead atoms. The van der Waals surface area contributed by atoms with E-state index in [1.165, 1.54) is 176 Å². The van der Waals surface area contributed by atoms with Crippen molar-refractivity contribution < 1.29 is 0 Å². The normalized spacial score (nSPS) is 13.3. The molecule has 2 heteroatoms. The second kappa shape index (κ2) is 24.0. The molecule has 0 unspecified atom stereocenters. The molecule has 0 N–H and O–H groups in total. The van der Waals surface area contributed by atoms with Crippen LogP contribution in [0, 0.1) is 0 Å². The molecule has 0 saturated carbocycles. The summed E-state index contributed by atoms with van der Waals surface area (Å²) < 4.78 is 0. The third-order valence-corrected chi connectivity index (χ3v) is 25.3. The number of hydrogen-bond acceptors (Lipinski definition) is 2. The Bertz CT molecular complexity index is 7290. The fraction of sp³-hybridized carbons (Fsp3) is 0.0182. The number of nitrogens with zero attached hydrogens (tertiary/aromatic N) is 2. The summed E-state index contributed by atoms with van der Waals surface area (Å²) in [5.41, 5.74) is 32.8. The Kier molecular flexibility index (Phi) is 13.4. The first-order valence-corrected chi connectivity index (χ1v) is 39.1. The molecule has 2 nitrogen and oxygen atoms in total. The monoisotopic (exact) mass is 1420 g/mol. The first-order valence-electron chi connectivity index (χ1n) is 39.1. The van der Waals surface area contributed by atoms with Gasteiger partial charge in [-0.3, -0.25) is 0 Å². The molecule has 2 spiro atoms. The molecule has 0 amide bonds. The molecule has 0 atom stereocenters. The Morgan fingerprint density at radius 1 is 0.161 bits per heavy atom. The molecule has 0 aliphatic heterocycles. The number of rotatable bonds is 9. The molecular weight excluding hydrogens is 1350 g/mol. The molecular formula is C110H68N2. The molecule has 4 aliphatic carbocycles. The highest BCUT2D eigenvalue weighted by Crippen LogP contribution is 2.70. The van der Waals surface area contributed by atoms with Crippen molar-refractivity contribution in [2.75, 3.05) is 9.80 Å². The van der Waals surface area contributed by atoms with Crippen molar-refractivity contribution in [2.24, 2.45) is 0 Å². The van der Waals surface area contributed by atoms with E-state index in [2.05, 4.69) is 422 Å². The third kappa shape index (κ3) is 8.53. The van der Waals surface area contributed by atoms with Gasteiger partial charge in [-0.15, -0.1) is 0 Å². The average Bonchev–Trinajstić information content (AvgIpc) is 1.47. The lowest BCUT2D eigenvalue weighted by atomic mass is 9.68. The van der Waals surface area contributed by atoms with E-state index in [1.807, 2.05) is 0 Å². The second-order valence-electron chi connectivity index (χ2n) is 30.7. The quantitative estimate of drug-likeness (QED) is 0.133. The number of fused-ring (bicyclic) bond motifs is 34. The first kappa shape index (κ1) is 62.6. The Morgan fingerprint density at radius 2 is 0.464 bits per heavy atom. The van der Waals surface area contributed by atoms with E-state index in [0.29, 0.717) is 0 Å². The van der Waals surface area contributed by atoms with E-state index in [0.717, 1.165) is 45.3 Å². The minimum atomic E-state index is -0.760. The summed E-state index contributed by atoms with van der Waals surface area (Å²) >= 11 is 0. The average molecular weight is 1420 g/mol. The highest BCUT2D eigenvalue weighted by atomic mass is 15.2. The minimum absolute atomic E-state index is 0.689. The minimum Gasteiger partial charge on any atom is -0.310 e. The van der Waals surface area contributed by atoms with Gasteiger partial charge in [-0.25, -0.2) is 0 Å². The first-order chi connectivity index (χ1) is 55.6.